The number of hydrogen-bond acceptors (Lipinski definition) is 2. The third-order valence-corrected chi connectivity index (χ3v) is 10.5. The quantitative estimate of drug-likeness (QED) is 0.166. The first-order chi connectivity index (χ1) is 26.8. The predicted octanol–water partition coefficient (Wildman–Crippen LogP) is 14.9. The molecule has 0 bridgehead atoms. The molecule has 254 valence electrons. The molecule has 9 aromatic carbocycles. The van der Waals surface area contributed by atoms with Crippen LogP contribution in [0.15, 0.2) is 217 Å². The molecule has 0 radical (unpaired) electrons. The van der Waals surface area contributed by atoms with Crippen LogP contribution in [0.1, 0.15) is 0 Å². The third kappa shape index (κ3) is 5.62. The molecule has 2 nitrogen and oxygen atoms in total. The molecule has 2 heteroatoms. The Balaban J connectivity index is 1.22. The molecule has 0 aliphatic carbocycles. The van der Waals surface area contributed by atoms with Crippen LogP contribution in [0.5, 0.6) is 0 Å². The summed E-state index contributed by atoms with van der Waals surface area (Å²) >= 11 is 0. The summed E-state index contributed by atoms with van der Waals surface area (Å²) in [4.78, 5) is 2.40. The zero-order valence-corrected chi connectivity index (χ0v) is 29.6. The molecule has 0 spiro atoms. The van der Waals surface area contributed by atoms with Crippen LogP contribution in [0.25, 0.3) is 77.2 Å². The second-order valence-electron chi connectivity index (χ2n) is 13.7. The van der Waals surface area contributed by atoms with Gasteiger partial charge in [-0.05, 0) is 92.9 Å². The largest absolute Gasteiger partial charge is 0.455 e. The summed E-state index contributed by atoms with van der Waals surface area (Å²) in [6.45, 7) is 0. The van der Waals surface area contributed by atoms with Crippen molar-refractivity contribution in [2.45, 2.75) is 0 Å². The maximum atomic E-state index is 6.75. The first-order valence-corrected chi connectivity index (χ1v) is 18.4. The number of nitrogens with zero attached hydrogens (tertiary/aromatic N) is 1. The second kappa shape index (κ2) is 13.4. The molecular weight excluding hydrogens is 655 g/mol. The maximum Gasteiger partial charge on any atom is 0.143 e. The minimum atomic E-state index is 0.873. The van der Waals surface area contributed by atoms with Crippen LogP contribution in [0.2, 0.25) is 0 Å². The Bertz CT molecular complexity index is 2910. The topological polar surface area (TPSA) is 16.4 Å². The molecule has 0 aliphatic rings. The highest BCUT2D eigenvalue weighted by atomic mass is 16.3. The minimum Gasteiger partial charge on any atom is -0.455 e. The summed E-state index contributed by atoms with van der Waals surface area (Å²) in [6, 6.07) is 75.9. The summed E-state index contributed by atoms with van der Waals surface area (Å²) in [5.41, 5.74) is 14.3. The molecule has 1 aromatic heterocycles. The number of benzene rings is 9. The lowest BCUT2D eigenvalue weighted by Crippen LogP contribution is -2.12. The van der Waals surface area contributed by atoms with Gasteiger partial charge in [-0.3, -0.25) is 0 Å². The third-order valence-electron chi connectivity index (χ3n) is 10.5. The van der Waals surface area contributed by atoms with Gasteiger partial charge < -0.3 is 9.32 Å². The van der Waals surface area contributed by atoms with Crippen molar-refractivity contribution in [1.82, 2.24) is 0 Å². The maximum absolute atomic E-state index is 6.75. The van der Waals surface area contributed by atoms with Crippen LogP contribution in [0, 0.1) is 0 Å². The molecule has 0 saturated heterocycles. The highest BCUT2D eigenvalue weighted by Crippen LogP contribution is 2.47. The van der Waals surface area contributed by atoms with Gasteiger partial charge in [-0.15, -0.1) is 0 Å². The number of hydrogen-bond donors (Lipinski definition) is 0. The fourth-order valence-corrected chi connectivity index (χ4v) is 7.86. The smallest absolute Gasteiger partial charge is 0.143 e. The molecule has 54 heavy (non-hydrogen) atoms. The van der Waals surface area contributed by atoms with Gasteiger partial charge in [0.2, 0.25) is 0 Å². The summed E-state index contributed by atoms with van der Waals surface area (Å²) < 4.78 is 6.75. The van der Waals surface area contributed by atoms with Gasteiger partial charge in [0.05, 0.1) is 5.69 Å². The van der Waals surface area contributed by atoms with E-state index in [1.165, 1.54) is 22.1 Å². The van der Waals surface area contributed by atoms with Crippen LogP contribution in [0.4, 0.5) is 17.1 Å². The van der Waals surface area contributed by atoms with Crippen molar-refractivity contribution in [3.05, 3.63) is 212 Å². The molecule has 10 rings (SSSR count). The molecule has 0 atom stereocenters. The first-order valence-electron chi connectivity index (χ1n) is 18.4. The molecule has 1 heterocycles. The van der Waals surface area contributed by atoms with Crippen molar-refractivity contribution in [3.63, 3.8) is 0 Å². The Morgan fingerprint density at radius 1 is 0.333 bits per heavy atom. The van der Waals surface area contributed by atoms with E-state index in [9.17, 15) is 0 Å². The van der Waals surface area contributed by atoms with Gasteiger partial charge in [-0.2, -0.15) is 0 Å². The fourth-order valence-electron chi connectivity index (χ4n) is 7.86. The van der Waals surface area contributed by atoms with E-state index in [4.69, 9.17) is 4.42 Å². The SMILES string of the molecule is c1ccc(-c2ccc(N(c3cccc(-c4ccccc4)c3)c3cccc(-c4ccccc4)c3-c3ccc4c(c3)oc3c5ccccc5ccc43)cc2)cc1. The van der Waals surface area contributed by atoms with Crippen molar-refractivity contribution in [2.24, 2.45) is 0 Å². The molecular formula is C52H35NO. The van der Waals surface area contributed by atoms with Crippen molar-refractivity contribution >= 4 is 49.8 Å². The van der Waals surface area contributed by atoms with E-state index < -0.39 is 0 Å². The number of anilines is 3. The van der Waals surface area contributed by atoms with Gasteiger partial charge in [0.25, 0.3) is 0 Å². The molecule has 0 saturated carbocycles. The molecule has 0 unspecified atom stereocenters. The Morgan fingerprint density at radius 2 is 0.926 bits per heavy atom. The standard InChI is InChI=1S/C52H35NO/c1-4-14-36(15-5-1)38-26-30-43(31-27-38)53(44-22-12-21-41(34-44)37-16-6-2-7-17-37)49-25-13-24-45(39-18-8-3-9-19-39)51(49)42-29-32-47-48-33-28-40-20-10-11-23-46(40)52(48)54-50(47)35-42/h1-35H. The van der Waals surface area contributed by atoms with Gasteiger partial charge in [0, 0.05) is 33.1 Å². The van der Waals surface area contributed by atoms with Crippen LogP contribution < -0.4 is 4.90 Å². The second-order valence-corrected chi connectivity index (χ2v) is 13.7. The predicted molar refractivity (Wildman–Crippen MR) is 228 cm³/mol. The lowest BCUT2D eigenvalue weighted by molar-refractivity contribution is 0.673. The van der Waals surface area contributed by atoms with Crippen LogP contribution in [0.3, 0.4) is 0 Å². The monoisotopic (exact) mass is 689 g/mol. The average Bonchev–Trinajstić information content (AvgIpc) is 3.64. The fraction of sp³-hybridized carbons (Fsp3) is 0. The highest BCUT2D eigenvalue weighted by Gasteiger charge is 2.22. The van der Waals surface area contributed by atoms with Crippen molar-refractivity contribution in [2.75, 3.05) is 4.90 Å². The molecule has 0 fully saturated rings. The van der Waals surface area contributed by atoms with Gasteiger partial charge in [-0.25, -0.2) is 0 Å². The van der Waals surface area contributed by atoms with Crippen molar-refractivity contribution in [1.29, 1.82) is 0 Å². The van der Waals surface area contributed by atoms with E-state index in [1.54, 1.807) is 0 Å². The zero-order valence-electron chi connectivity index (χ0n) is 29.6. The molecule has 0 amide bonds. The molecule has 0 aliphatic heterocycles. The Morgan fingerprint density at radius 3 is 1.69 bits per heavy atom. The minimum absolute atomic E-state index is 0.873. The van der Waals surface area contributed by atoms with Gasteiger partial charge in [-0.1, -0.05) is 164 Å². The summed E-state index contributed by atoms with van der Waals surface area (Å²) in [6.07, 6.45) is 0. The van der Waals surface area contributed by atoms with E-state index in [0.717, 1.165) is 72.2 Å². The number of furan rings is 1. The summed E-state index contributed by atoms with van der Waals surface area (Å²) in [5.74, 6) is 0. The van der Waals surface area contributed by atoms with Crippen LogP contribution >= 0.6 is 0 Å². The van der Waals surface area contributed by atoms with E-state index in [1.807, 2.05) is 0 Å². The van der Waals surface area contributed by atoms with Gasteiger partial charge in [0.15, 0.2) is 0 Å². The number of rotatable bonds is 7. The van der Waals surface area contributed by atoms with E-state index in [0.29, 0.717) is 0 Å². The summed E-state index contributed by atoms with van der Waals surface area (Å²) in [7, 11) is 0. The molecule has 10 aromatic rings. The lowest BCUT2D eigenvalue weighted by atomic mass is 9.91. The van der Waals surface area contributed by atoms with E-state index >= 15 is 0 Å². The first kappa shape index (κ1) is 31.6. The average molecular weight is 690 g/mol. The lowest BCUT2D eigenvalue weighted by Gasteiger charge is -2.30. The Hall–Kier alpha value is -7.16. The zero-order chi connectivity index (χ0) is 35.8. The molecule has 0 N–H and O–H groups in total. The normalized spacial score (nSPS) is 11.3. The van der Waals surface area contributed by atoms with Gasteiger partial charge >= 0.3 is 0 Å². The number of fused-ring (bicyclic) bond motifs is 5. The van der Waals surface area contributed by atoms with Crippen LogP contribution in [-0.4, -0.2) is 0 Å². The van der Waals surface area contributed by atoms with Gasteiger partial charge in [0.1, 0.15) is 11.2 Å². The highest BCUT2D eigenvalue weighted by molar-refractivity contribution is 6.15. The van der Waals surface area contributed by atoms with E-state index in [-0.39, 0.29) is 0 Å². The van der Waals surface area contributed by atoms with Crippen molar-refractivity contribution < 1.29 is 4.42 Å². The Kier molecular flexibility index (Phi) is 7.85. The summed E-state index contributed by atoms with van der Waals surface area (Å²) in [5, 5.41) is 4.54. The van der Waals surface area contributed by atoms with Crippen molar-refractivity contribution in [3.8, 4) is 44.5 Å². The van der Waals surface area contributed by atoms with Crippen LogP contribution in [-0.2, 0) is 0 Å². The Labute approximate surface area is 314 Å². The van der Waals surface area contributed by atoms with E-state index in [2.05, 4.69) is 217 Å².